The Morgan fingerprint density at radius 1 is 0.884 bits per heavy atom. The molecule has 69 heavy (non-hydrogen) atoms. The van der Waals surface area contributed by atoms with E-state index in [0.717, 1.165) is 18.4 Å². The molecule has 4 heterocycles. The molecule has 1 aromatic rings. The zero-order valence-corrected chi connectivity index (χ0v) is 43.1. The van der Waals surface area contributed by atoms with E-state index in [1.165, 1.54) is 12.0 Å². The molecule has 5 rings (SSSR count). The predicted molar refractivity (Wildman–Crippen MR) is 259 cm³/mol. The summed E-state index contributed by atoms with van der Waals surface area (Å²) in [6, 6.07) is -1.07. The molecule has 4 aliphatic rings. The van der Waals surface area contributed by atoms with E-state index < -0.39 is 59.5 Å². The number of aliphatic hydroxyl groups is 1. The average Bonchev–Trinajstić information content (AvgIpc) is 3.88. The van der Waals surface area contributed by atoms with Gasteiger partial charge in [-0.1, -0.05) is 71.1 Å². The summed E-state index contributed by atoms with van der Waals surface area (Å²) in [5, 5.41) is 23.3. The van der Waals surface area contributed by atoms with Crippen LogP contribution in [-0.2, 0) is 47.7 Å². The van der Waals surface area contributed by atoms with Gasteiger partial charge in [0, 0.05) is 52.6 Å². The van der Waals surface area contributed by atoms with Crippen LogP contribution < -0.4 is 0 Å². The number of rotatable bonds is 7. The van der Waals surface area contributed by atoms with Crippen LogP contribution >= 0.6 is 0 Å². The third-order valence-corrected chi connectivity index (χ3v) is 15.6. The van der Waals surface area contributed by atoms with Crippen LogP contribution in [0.3, 0.4) is 0 Å². The van der Waals surface area contributed by atoms with Gasteiger partial charge < -0.3 is 33.7 Å². The molecule has 3 aliphatic heterocycles. The molecule has 384 valence electrons. The van der Waals surface area contributed by atoms with Crippen molar-refractivity contribution in [2.24, 2.45) is 35.5 Å². The molecule has 1 aromatic heterocycles. The van der Waals surface area contributed by atoms with Crippen LogP contribution in [0, 0.1) is 35.5 Å². The third-order valence-electron chi connectivity index (χ3n) is 15.6. The lowest BCUT2D eigenvalue weighted by molar-refractivity contribution is -0.184. The SMILES string of the molecule is CO[C@H]1C[C@@H]2CC[C@@H](C)[C@@](C)(O2)C(=O)C(=O)N2CCCC[C@H]2C(=O)O[C@H]([C@H](C)C[C@@H]2CC[C@H](n3cnnn3)[C@H](OC)C2)CC(=O)[C@H](C)C=C(C)[C@@H](O)[C@@H](OC)C(=O)[C@H](C)C[C@H](C)C=CC=CC=C1C. The lowest BCUT2D eigenvalue weighted by Gasteiger charge is -2.44. The summed E-state index contributed by atoms with van der Waals surface area (Å²) in [7, 11) is 4.71. The molecule has 0 radical (unpaired) electrons. The number of ketones is 3. The normalized spacial score (nSPS) is 36.3. The fourth-order valence-electron chi connectivity index (χ4n) is 11.0. The minimum atomic E-state index is -1.43. The fraction of sp³-hybridized carbons (Fsp3) is 0.736. The second-order valence-corrected chi connectivity index (χ2v) is 20.8. The lowest BCUT2D eigenvalue weighted by Crippen LogP contribution is -2.59. The number of fused-ring (bicyclic) bond motifs is 3. The molecular weight excluding hydrogens is 883 g/mol. The lowest BCUT2D eigenvalue weighted by atomic mass is 9.77. The quantitative estimate of drug-likeness (QED) is 0.165. The number of carbonyl (C=O) groups is 5. The van der Waals surface area contributed by atoms with E-state index in [1.54, 1.807) is 52.1 Å². The molecule has 3 fully saturated rings. The van der Waals surface area contributed by atoms with Crippen LogP contribution in [0.5, 0.6) is 0 Å². The predicted octanol–water partition coefficient (Wildman–Crippen LogP) is 7.12. The summed E-state index contributed by atoms with van der Waals surface area (Å²) in [5.74, 6) is -4.08. The number of ether oxygens (including phenoxy) is 5. The highest BCUT2D eigenvalue weighted by molar-refractivity contribution is 6.39. The molecule has 2 bridgehead atoms. The van der Waals surface area contributed by atoms with Crippen LogP contribution in [0.1, 0.15) is 138 Å². The minimum Gasteiger partial charge on any atom is -0.460 e. The Bertz CT molecular complexity index is 2020. The van der Waals surface area contributed by atoms with Crippen LogP contribution in [0.25, 0.3) is 0 Å². The molecular formula is C53H81N5O11. The van der Waals surface area contributed by atoms with Crippen molar-refractivity contribution in [3.05, 3.63) is 53.9 Å². The number of cyclic esters (lactones) is 1. The van der Waals surface area contributed by atoms with Gasteiger partial charge in [0.1, 0.15) is 42.1 Å². The van der Waals surface area contributed by atoms with Gasteiger partial charge in [0.2, 0.25) is 0 Å². The van der Waals surface area contributed by atoms with Gasteiger partial charge in [-0.2, -0.15) is 0 Å². The van der Waals surface area contributed by atoms with Gasteiger partial charge in [-0.15, -0.1) is 5.10 Å². The van der Waals surface area contributed by atoms with Crippen molar-refractivity contribution in [2.45, 2.75) is 187 Å². The van der Waals surface area contributed by atoms with Crippen molar-refractivity contribution in [1.82, 2.24) is 25.1 Å². The Kier molecular flexibility index (Phi) is 20.8. The standard InChI is InChI=1S/C53H81N5O11/c1-32-17-13-12-14-18-33(2)44(65-9)29-40-22-20-38(7)53(8,69-40)50(62)51(63)57-24-16-15-19-42(57)52(64)68-45(35(4)27-39-21-23-41(46(28-39)66-10)58-31-54-55-56-58)30-43(59)34(3)26-37(6)48(61)49(67-11)47(60)36(5)25-32/h12-14,17-18,26,31-32,34-36,38-42,44-46,48-49,61H,15-16,19-25,27-30H2,1-11H3/t32-,34-,35-,36-,38-,39+,40+,41+,42+,44+,45+,46-,48-,49+,53-/m1/s1. The molecule has 1 N–H and O–H groups in total. The number of esters is 1. The summed E-state index contributed by atoms with van der Waals surface area (Å²) in [6.45, 7) is 15.0. The highest BCUT2D eigenvalue weighted by Crippen LogP contribution is 2.40. The molecule has 1 amide bonds. The van der Waals surface area contributed by atoms with E-state index in [9.17, 15) is 29.1 Å². The van der Waals surface area contributed by atoms with Crippen LogP contribution in [0.15, 0.2) is 53.9 Å². The summed E-state index contributed by atoms with van der Waals surface area (Å²) in [6.07, 6.45) is 15.6. The highest BCUT2D eigenvalue weighted by Gasteiger charge is 2.51. The Labute approximate surface area is 410 Å². The maximum Gasteiger partial charge on any atom is 0.329 e. The van der Waals surface area contributed by atoms with E-state index >= 15 is 0 Å². The first-order chi connectivity index (χ1) is 32.8. The Morgan fingerprint density at radius 3 is 2.32 bits per heavy atom. The number of hydrogen-bond donors (Lipinski definition) is 1. The number of methoxy groups -OCH3 is 3. The van der Waals surface area contributed by atoms with Gasteiger partial charge >= 0.3 is 5.97 Å². The van der Waals surface area contributed by atoms with Gasteiger partial charge in [0.15, 0.2) is 5.78 Å². The van der Waals surface area contributed by atoms with Crippen molar-refractivity contribution >= 4 is 29.2 Å². The Hall–Kier alpha value is -4.22. The van der Waals surface area contributed by atoms with Crippen molar-refractivity contribution in [2.75, 3.05) is 27.9 Å². The van der Waals surface area contributed by atoms with E-state index in [2.05, 4.69) is 15.5 Å². The smallest absolute Gasteiger partial charge is 0.329 e. The van der Waals surface area contributed by atoms with Gasteiger partial charge in [0.25, 0.3) is 11.7 Å². The van der Waals surface area contributed by atoms with E-state index in [-0.39, 0.29) is 72.6 Å². The number of hydrogen-bond acceptors (Lipinski definition) is 14. The molecule has 0 spiro atoms. The van der Waals surface area contributed by atoms with Gasteiger partial charge in [-0.3, -0.25) is 19.2 Å². The topological polar surface area (TPSA) is 199 Å². The van der Waals surface area contributed by atoms with E-state index in [1.807, 2.05) is 65.0 Å². The summed E-state index contributed by atoms with van der Waals surface area (Å²) < 4.78 is 32.2. The van der Waals surface area contributed by atoms with Crippen molar-refractivity contribution in [1.29, 1.82) is 0 Å². The molecule has 0 aromatic carbocycles. The average molecular weight is 964 g/mol. The zero-order valence-electron chi connectivity index (χ0n) is 43.1. The number of aromatic nitrogens is 4. The van der Waals surface area contributed by atoms with Crippen molar-refractivity contribution in [3.8, 4) is 0 Å². The number of nitrogens with zero attached hydrogens (tertiary/aromatic N) is 5. The van der Waals surface area contributed by atoms with Gasteiger partial charge in [-0.25, -0.2) is 9.48 Å². The second kappa shape index (κ2) is 25.8. The van der Waals surface area contributed by atoms with Crippen LogP contribution in [-0.4, -0.2) is 136 Å². The van der Waals surface area contributed by atoms with E-state index in [0.29, 0.717) is 63.4 Å². The minimum absolute atomic E-state index is 0.0340. The number of Topliss-reactive ketones (excluding diaryl/α,β-unsaturated/α-hetero) is 3. The summed E-state index contributed by atoms with van der Waals surface area (Å²) >= 11 is 0. The zero-order chi connectivity index (χ0) is 50.6. The number of amides is 1. The number of allylic oxidation sites excluding steroid dienone is 6. The number of tetrazole rings is 1. The second-order valence-electron chi connectivity index (χ2n) is 20.8. The fourth-order valence-corrected chi connectivity index (χ4v) is 11.0. The molecule has 2 saturated heterocycles. The third kappa shape index (κ3) is 14.2. The van der Waals surface area contributed by atoms with Crippen LogP contribution in [0.2, 0.25) is 0 Å². The number of piperidine rings is 1. The first kappa shape index (κ1) is 55.7. The molecule has 16 heteroatoms. The summed E-state index contributed by atoms with van der Waals surface area (Å²) in [4.78, 5) is 73.0. The molecule has 15 atom stereocenters. The molecule has 0 unspecified atom stereocenters. The molecule has 1 saturated carbocycles. The summed E-state index contributed by atoms with van der Waals surface area (Å²) in [5.41, 5.74) is -0.0597. The van der Waals surface area contributed by atoms with Gasteiger partial charge in [0.05, 0.1) is 24.4 Å². The first-order valence-electron chi connectivity index (χ1n) is 25.3. The molecule has 1 aliphatic carbocycles. The largest absolute Gasteiger partial charge is 0.460 e. The van der Waals surface area contributed by atoms with Gasteiger partial charge in [-0.05, 0) is 130 Å². The monoisotopic (exact) mass is 964 g/mol. The maximum absolute atomic E-state index is 14.6. The van der Waals surface area contributed by atoms with Crippen LogP contribution in [0.4, 0.5) is 0 Å². The Morgan fingerprint density at radius 2 is 1.64 bits per heavy atom. The van der Waals surface area contributed by atoms with E-state index in [4.69, 9.17) is 23.7 Å². The first-order valence-corrected chi connectivity index (χ1v) is 25.3. The number of carbonyl (C=O) groups excluding carboxylic acids is 5. The number of aliphatic hydroxyl groups excluding tert-OH is 1. The maximum atomic E-state index is 14.6. The van der Waals surface area contributed by atoms with Crippen molar-refractivity contribution in [3.63, 3.8) is 0 Å². The Balaban J connectivity index is 1.46. The van der Waals surface area contributed by atoms with Crippen molar-refractivity contribution < 1.29 is 52.8 Å². The molecule has 16 nitrogen and oxygen atoms in total. The highest BCUT2D eigenvalue weighted by atomic mass is 16.5.